The van der Waals surface area contributed by atoms with E-state index in [1.54, 1.807) is 11.9 Å². The van der Waals surface area contributed by atoms with Gasteiger partial charge in [0.25, 0.3) is 0 Å². The number of unbranched alkanes of at least 4 members (excludes halogenated alkanes) is 9. The first-order valence-electron chi connectivity index (χ1n) is 11.3. The van der Waals surface area contributed by atoms with Crippen LogP contribution >= 0.6 is 7.60 Å². The summed E-state index contributed by atoms with van der Waals surface area (Å²) < 4.78 is 23.2. The molecule has 0 aliphatic heterocycles. The summed E-state index contributed by atoms with van der Waals surface area (Å²) in [5.74, 6) is 8.10. The molecule has 1 aromatic rings. The Morgan fingerprint density at radius 3 is 2.07 bits per heavy atom. The van der Waals surface area contributed by atoms with E-state index in [9.17, 15) is 4.57 Å². The maximum atomic E-state index is 12.6. The predicted octanol–water partition coefficient (Wildman–Crippen LogP) is 8.20. The van der Waals surface area contributed by atoms with Gasteiger partial charge < -0.3 is 9.05 Å². The maximum Gasteiger partial charge on any atom is 0.354 e. The summed E-state index contributed by atoms with van der Waals surface area (Å²) in [5.41, 5.74) is 1.88. The molecule has 0 spiro atoms. The lowest BCUT2D eigenvalue weighted by atomic mass is 10.1. The molecule has 0 saturated heterocycles. The van der Waals surface area contributed by atoms with E-state index in [0.717, 1.165) is 24.0 Å². The molecule has 162 valence electrons. The Kier molecular flexibility index (Phi) is 14.6. The van der Waals surface area contributed by atoms with Gasteiger partial charge in [0, 0.05) is 17.8 Å². The number of rotatable bonds is 15. The van der Waals surface area contributed by atoms with Crippen LogP contribution in [0.4, 0.5) is 0 Å². The van der Waals surface area contributed by atoms with Crippen molar-refractivity contribution in [2.45, 2.75) is 85.0 Å². The normalized spacial score (nSPS) is 11.6. The molecule has 0 saturated carbocycles. The van der Waals surface area contributed by atoms with Crippen molar-refractivity contribution >= 4 is 13.7 Å². The first-order chi connectivity index (χ1) is 14.1. The van der Waals surface area contributed by atoms with E-state index in [2.05, 4.69) is 18.8 Å². The minimum atomic E-state index is -3.19. The van der Waals surface area contributed by atoms with Crippen molar-refractivity contribution in [2.75, 3.05) is 13.2 Å². The molecule has 4 heteroatoms. The molecule has 3 nitrogen and oxygen atoms in total. The van der Waals surface area contributed by atoms with Crippen molar-refractivity contribution in [3.05, 3.63) is 41.2 Å². The van der Waals surface area contributed by atoms with Crippen molar-refractivity contribution in [1.29, 1.82) is 0 Å². The highest BCUT2D eigenvalue weighted by Gasteiger charge is 2.18. The Morgan fingerprint density at radius 2 is 1.45 bits per heavy atom. The van der Waals surface area contributed by atoms with Gasteiger partial charge in [0.1, 0.15) is 0 Å². The lowest BCUT2D eigenvalue weighted by Gasteiger charge is -2.12. The zero-order valence-corrected chi connectivity index (χ0v) is 19.5. The van der Waals surface area contributed by atoms with Crippen LogP contribution in [0, 0.1) is 11.8 Å². The fraction of sp³-hybridized carbons (Fsp3) is 0.600. The topological polar surface area (TPSA) is 35.5 Å². The summed E-state index contributed by atoms with van der Waals surface area (Å²) >= 11 is 0. The highest BCUT2D eigenvalue weighted by Crippen LogP contribution is 2.50. The fourth-order valence-electron chi connectivity index (χ4n) is 3.09. The summed E-state index contributed by atoms with van der Waals surface area (Å²) in [6.07, 6.45) is 14.6. The second-order valence-electron chi connectivity index (χ2n) is 7.16. The minimum absolute atomic E-state index is 0.349. The molecule has 0 heterocycles. The third kappa shape index (κ3) is 12.1. The molecule has 0 atom stereocenters. The molecule has 1 rings (SSSR count). The molecule has 0 aliphatic rings. The van der Waals surface area contributed by atoms with Gasteiger partial charge >= 0.3 is 7.60 Å². The smallest absolute Gasteiger partial charge is 0.306 e. The van der Waals surface area contributed by atoms with Crippen molar-refractivity contribution in [3.63, 3.8) is 0 Å². The van der Waals surface area contributed by atoms with Gasteiger partial charge in [0.05, 0.1) is 13.2 Å². The molecule has 0 aromatic heterocycles. The molecule has 0 N–H and O–H groups in total. The molecule has 1 aromatic carbocycles. The summed E-state index contributed by atoms with van der Waals surface area (Å²) in [6, 6.07) is 7.90. The van der Waals surface area contributed by atoms with E-state index in [1.807, 2.05) is 38.1 Å². The molecule has 0 fully saturated rings. The second kappa shape index (κ2) is 16.5. The van der Waals surface area contributed by atoms with E-state index in [1.165, 1.54) is 51.4 Å². The van der Waals surface area contributed by atoms with E-state index >= 15 is 0 Å². The van der Waals surface area contributed by atoms with Gasteiger partial charge in [-0.3, -0.25) is 4.57 Å². The number of hydrogen-bond acceptors (Lipinski definition) is 3. The Balaban J connectivity index is 2.47. The molecule has 0 unspecified atom stereocenters. The van der Waals surface area contributed by atoms with E-state index < -0.39 is 7.60 Å². The van der Waals surface area contributed by atoms with Crippen LogP contribution in [-0.2, 0) is 13.6 Å². The zero-order chi connectivity index (χ0) is 21.2. The van der Waals surface area contributed by atoms with E-state index in [4.69, 9.17) is 9.05 Å². The van der Waals surface area contributed by atoms with Gasteiger partial charge in [-0.1, -0.05) is 88.3 Å². The molecule has 29 heavy (non-hydrogen) atoms. The molecular formula is C25H39O3P. The average Bonchev–Trinajstić information content (AvgIpc) is 2.71. The SMILES string of the molecule is CCCCCCCCCCCC#Cc1ccccc1C=CP(=O)(OCC)OCC. The third-order valence-corrected chi connectivity index (χ3v) is 6.39. The lowest BCUT2D eigenvalue weighted by molar-refractivity contribution is 0.229. The number of benzene rings is 1. The second-order valence-corrected chi connectivity index (χ2v) is 9.05. The molecule has 0 radical (unpaired) electrons. The molecule has 0 bridgehead atoms. The quantitative estimate of drug-likeness (QED) is 0.164. The Bertz CT molecular complexity index is 675. The Hall–Kier alpha value is -1.33. The van der Waals surface area contributed by atoms with Crippen LogP contribution in [0.1, 0.15) is 96.1 Å². The van der Waals surface area contributed by atoms with E-state index in [0.29, 0.717) is 13.2 Å². The van der Waals surface area contributed by atoms with E-state index in [-0.39, 0.29) is 0 Å². The van der Waals surface area contributed by atoms with Gasteiger partial charge in [0.2, 0.25) is 0 Å². The largest absolute Gasteiger partial charge is 0.354 e. The Labute approximate surface area is 178 Å². The van der Waals surface area contributed by atoms with Crippen molar-refractivity contribution in [2.24, 2.45) is 0 Å². The van der Waals surface area contributed by atoms with Crippen molar-refractivity contribution in [1.82, 2.24) is 0 Å². The van der Waals surface area contributed by atoms with Crippen LogP contribution in [0.3, 0.4) is 0 Å². The summed E-state index contributed by atoms with van der Waals surface area (Å²) in [6.45, 7) is 6.58. The van der Waals surface area contributed by atoms with Gasteiger partial charge in [-0.2, -0.15) is 0 Å². The van der Waals surface area contributed by atoms with Crippen LogP contribution < -0.4 is 0 Å². The summed E-state index contributed by atoms with van der Waals surface area (Å²) in [4.78, 5) is 0. The third-order valence-electron chi connectivity index (χ3n) is 4.64. The molecule has 0 amide bonds. The zero-order valence-electron chi connectivity index (χ0n) is 18.6. The standard InChI is InChI=1S/C25H39O3P/c1-4-7-8-9-10-11-12-13-14-15-16-19-24-20-17-18-21-25(24)22-23-29(26,27-5-2)28-6-3/h17-18,20-23H,4-15H2,1-3H3. The van der Waals surface area contributed by atoms with Gasteiger partial charge in [-0.15, -0.1) is 0 Å². The fourth-order valence-corrected chi connectivity index (χ4v) is 4.40. The number of hydrogen-bond donors (Lipinski definition) is 0. The van der Waals surface area contributed by atoms with Crippen LogP contribution in [0.15, 0.2) is 30.1 Å². The maximum absolute atomic E-state index is 12.6. The van der Waals surface area contributed by atoms with Crippen LogP contribution in [0.25, 0.3) is 6.08 Å². The highest BCUT2D eigenvalue weighted by atomic mass is 31.2. The van der Waals surface area contributed by atoms with Gasteiger partial charge in [-0.05, 0) is 38.0 Å². The monoisotopic (exact) mass is 418 g/mol. The summed E-state index contributed by atoms with van der Waals surface area (Å²) in [7, 11) is -3.19. The first kappa shape index (κ1) is 25.7. The van der Waals surface area contributed by atoms with Crippen LogP contribution in [-0.4, -0.2) is 13.2 Å². The first-order valence-corrected chi connectivity index (χ1v) is 12.9. The molecular weight excluding hydrogens is 379 g/mol. The average molecular weight is 419 g/mol. The minimum Gasteiger partial charge on any atom is -0.306 e. The van der Waals surface area contributed by atoms with Crippen LogP contribution in [0.5, 0.6) is 0 Å². The predicted molar refractivity (Wildman–Crippen MR) is 125 cm³/mol. The lowest BCUT2D eigenvalue weighted by Crippen LogP contribution is -1.92. The van der Waals surface area contributed by atoms with Crippen LogP contribution in [0.2, 0.25) is 0 Å². The van der Waals surface area contributed by atoms with Crippen molar-refractivity contribution in [3.8, 4) is 11.8 Å². The molecule has 0 aliphatic carbocycles. The Morgan fingerprint density at radius 1 is 0.862 bits per heavy atom. The highest BCUT2D eigenvalue weighted by molar-refractivity contribution is 7.57. The van der Waals surface area contributed by atoms with Gasteiger partial charge in [-0.25, -0.2) is 0 Å². The van der Waals surface area contributed by atoms with Crippen molar-refractivity contribution < 1.29 is 13.6 Å². The van der Waals surface area contributed by atoms with Gasteiger partial charge in [0.15, 0.2) is 0 Å². The summed E-state index contributed by atoms with van der Waals surface area (Å²) in [5, 5.41) is 0.